The topological polar surface area (TPSA) is 68.7 Å². The van der Waals surface area contributed by atoms with Gasteiger partial charge in [-0.05, 0) is 6.07 Å². The van der Waals surface area contributed by atoms with Gasteiger partial charge >= 0.3 is 0 Å². The summed E-state index contributed by atoms with van der Waals surface area (Å²) < 4.78 is 11.1. The largest absolute Gasteiger partial charge is 0.440 e. The predicted molar refractivity (Wildman–Crippen MR) is 67.8 cm³/mol. The summed E-state index contributed by atoms with van der Waals surface area (Å²) in [6.07, 6.45) is 0. The summed E-state index contributed by atoms with van der Waals surface area (Å²) in [6, 6.07) is 7.43. The Labute approximate surface area is 104 Å². The van der Waals surface area contributed by atoms with E-state index in [2.05, 4.69) is 0 Å². The Hall–Kier alpha value is -2.01. The summed E-state index contributed by atoms with van der Waals surface area (Å²) in [7, 11) is 0. The van der Waals surface area contributed by atoms with E-state index in [1.165, 1.54) is 0 Å². The van der Waals surface area contributed by atoms with Crippen molar-refractivity contribution in [3.05, 3.63) is 29.8 Å². The number of hydrogen-bond donors (Lipinski definition) is 1. The molecule has 1 fully saturated rings. The fourth-order valence-corrected chi connectivity index (χ4v) is 2.26. The molecule has 1 aliphatic rings. The molecule has 2 N–H and O–H groups in total. The smallest absolute Gasteiger partial charge is 0.254 e. The highest BCUT2D eigenvalue weighted by Crippen LogP contribution is 2.32. The zero-order chi connectivity index (χ0) is 12.5. The van der Waals surface area contributed by atoms with Crippen LogP contribution in [0, 0.1) is 0 Å². The number of furan rings is 1. The molecule has 5 nitrogen and oxygen atoms in total. The van der Waals surface area contributed by atoms with E-state index in [-0.39, 0.29) is 0 Å². The van der Waals surface area contributed by atoms with E-state index in [0.717, 1.165) is 5.39 Å². The van der Waals surface area contributed by atoms with E-state index in [0.29, 0.717) is 43.3 Å². The average molecular weight is 246 g/mol. The summed E-state index contributed by atoms with van der Waals surface area (Å²) >= 11 is 0. The highest BCUT2D eigenvalue weighted by molar-refractivity contribution is 6.09. The lowest BCUT2D eigenvalue weighted by Gasteiger charge is -2.26. The molecule has 0 radical (unpaired) electrons. The lowest BCUT2D eigenvalue weighted by Crippen LogP contribution is -2.37. The van der Waals surface area contributed by atoms with Crippen LogP contribution >= 0.6 is 0 Å². The zero-order valence-electron chi connectivity index (χ0n) is 9.89. The number of carbonyl (C=O) groups is 1. The first kappa shape index (κ1) is 11.1. The Balaban J connectivity index is 2.14. The van der Waals surface area contributed by atoms with Gasteiger partial charge in [0.1, 0.15) is 11.1 Å². The number of amides is 1. The van der Waals surface area contributed by atoms with Crippen LogP contribution in [0.25, 0.3) is 11.0 Å². The molecule has 2 heterocycles. The molecule has 0 saturated carbocycles. The van der Waals surface area contributed by atoms with E-state index in [1.54, 1.807) is 0 Å². The van der Waals surface area contributed by atoms with Gasteiger partial charge in [-0.1, -0.05) is 18.2 Å². The van der Waals surface area contributed by atoms with Gasteiger partial charge in [0.2, 0.25) is 5.88 Å². The number of ether oxygens (including phenoxy) is 1. The SMILES string of the molecule is NC(=O)c1c(N2CCOCC2)oc2ccccc12. The fourth-order valence-electron chi connectivity index (χ4n) is 2.26. The van der Waals surface area contributed by atoms with E-state index < -0.39 is 5.91 Å². The van der Waals surface area contributed by atoms with Crippen molar-refractivity contribution in [3.8, 4) is 0 Å². The van der Waals surface area contributed by atoms with Crippen LogP contribution in [0.15, 0.2) is 28.7 Å². The second-order valence-corrected chi connectivity index (χ2v) is 4.24. The van der Waals surface area contributed by atoms with Crippen molar-refractivity contribution in [2.24, 2.45) is 5.73 Å². The number of nitrogens with two attached hydrogens (primary N) is 1. The number of carbonyl (C=O) groups excluding carboxylic acids is 1. The van der Waals surface area contributed by atoms with Crippen molar-refractivity contribution in [1.82, 2.24) is 0 Å². The van der Waals surface area contributed by atoms with Gasteiger partial charge in [0.15, 0.2) is 0 Å². The molecule has 94 valence electrons. The lowest BCUT2D eigenvalue weighted by atomic mass is 10.1. The van der Waals surface area contributed by atoms with Gasteiger partial charge in [0.25, 0.3) is 5.91 Å². The van der Waals surface area contributed by atoms with E-state index >= 15 is 0 Å². The van der Waals surface area contributed by atoms with Crippen molar-refractivity contribution in [3.63, 3.8) is 0 Å². The van der Waals surface area contributed by atoms with E-state index in [4.69, 9.17) is 14.9 Å². The van der Waals surface area contributed by atoms with Crippen LogP contribution in [0.3, 0.4) is 0 Å². The number of fused-ring (bicyclic) bond motifs is 1. The first-order chi connectivity index (χ1) is 8.77. The molecule has 18 heavy (non-hydrogen) atoms. The van der Waals surface area contributed by atoms with E-state index in [1.807, 2.05) is 29.2 Å². The minimum absolute atomic E-state index is 0.457. The fraction of sp³-hybridized carbons (Fsp3) is 0.308. The minimum atomic E-state index is -0.457. The van der Waals surface area contributed by atoms with Crippen molar-refractivity contribution in [2.45, 2.75) is 0 Å². The molecule has 5 heteroatoms. The van der Waals surface area contributed by atoms with Crippen molar-refractivity contribution < 1.29 is 13.9 Å². The van der Waals surface area contributed by atoms with Crippen LogP contribution in [0.4, 0.5) is 5.88 Å². The van der Waals surface area contributed by atoms with E-state index in [9.17, 15) is 4.79 Å². The average Bonchev–Trinajstić information content (AvgIpc) is 2.79. The van der Waals surface area contributed by atoms with Gasteiger partial charge in [-0.25, -0.2) is 0 Å². The number of anilines is 1. The Morgan fingerprint density at radius 2 is 1.94 bits per heavy atom. The minimum Gasteiger partial charge on any atom is -0.440 e. The maximum atomic E-state index is 11.6. The Morgan fingerprint density at radius 1 is 1.22 bits per heavy atom. The van der Waals surface area contributed by atoms with Crippen molar-refractivity contribution >= 4 is 22.8 Å². The molecule has 1 aliphatic heterocycles. The maximum absolute atomic E-state index is 11.6. The molecule has 1 aromatic heterocycles. The molecular weight excluding hydrogens is 232 g/mol. The summed E-state index contributed by atoms with van der Waals surface area (Å²) in [6.45, 7) is 2.69. The first-order valence-corrected chi connectivity index (χ1v) is 5.91. The molecule has 0 aliphatic carbocycles. The van der Waals surface area contributed by atoms with Gasteiger partial charge in [-0.2, -0.15) is 0 Å². The Kier molecular flexibility index (Phi) is 2.68. The summed E-state index contributed by atoms with van der Waals surface area (Å²) in [4.78, 5) is 13.6. The number of nitrogens with zero attached hydrogens (tertiary/aromatic N) is 1. The number of rotatable bonds is 2. The summed E-state index contributed by atoms with van der Waals surface area (Å²) in [5, 5.41) is 0.770. The highest BCUT2D eigenvalue weighted by atomic mass is 16.5. The second kappa shape index (κ2) is 4.34. The number of primary amides is 1. The van der Waals surface area contributed by atoms with Gasteiger partial charge in [0.05, 0.1) is 13.2 Å². The number of morpholine rings is 1. The van der Waals surface area contributed by atoms with Crippen LogP contribution in [0.1, 0.15) is 10.4 Å². The number of hydrogen-bond acceptors (Lipinski definition) is 4. The molecule has 1 aromatic carbocycles. The summed E-state index contributed by atoms with van der Waals surface area (Å²) in [5.74, 6) is 0.105. The maximum Gasteiger partial charge on any atom is 0.254 e. The third-order valence-electron chi connectivity index (χ3n) is 3.12. The number of para-hydroxylation sites is 1. The quantitative estimate of drug-likeness (QED) is 0.868. The van der Waals surface area contributed by atoms with Crippen LogP contribution in [-0.2, 0) is 4.74 Å². The van der Waals surface area contributed by atoms with Crippen LogP contribution in [0.5, 0.6) is 0 Å². The van der Waals surface area contributed by atoms with Crippen LogP contribution < -0.4 is 10.6 Å². The van der Waals surface area contributed by atoms with Crippen molar-refractivity contribution in [1.29, 1.82) is 0 Å². The molecule has 0 spiro atoms. The Morgan fingerprint density at radius 3 is 2.67 bits per heavy atom. The second-order valence-electron chi connectivity index (χ2n) is 4.24. The molecule has 2 aromatic rings. The molecule has 0 bridgehead atoms. The lowest BCUT2D eigenvalue weighted by molar-refractivity contribution is 0.0998. The standard InChI is InChI=1S/C13H14N2O3/c14-12(16)11-9-3-1-2-4-10(9)18-13(11)15-5-7-17-8-6-15/h1-4H,5-8H2,(H2,14,16). The predicted octanol–water partition coefficient (Wildman–Crippen LogP) is 1.37. The molecule has 1 saturated heterocycles. The highest BCUT2D eigenvalue weighted by Gasteiger charge is 2.24. The number of benzene rings is 1. The molecule has 0 atom stereocenters. The normalized spacial score (nSPS) is 16.1. The molecule has 1 amide bonds. The third kappa shape index (κ3) is 1.73. The monoisotopic (exact) mass is 246 g/mol. The first-order valence-electron chi connectivity index (χ1n) is 5.91. The van der Waals surface area contributed by atoms with Crippen LogP contribution in [0.2, 0.25) is 0 Å². The Bertz CT molecular complexity index is 585. The zero-order valence-corrected chi connectivity index (χ0v) is 9.89. The molecular formula is C13H14N2O3. The molecule has 0 unspecified atom stereocenters. The van der Waals surface area contributed by atoms with Gasteiger partial charge in [0, 0.05) is 18.5 Å². The van der Waals surface area contributed by atoms with Gasteiger partial charge in [-0.3, -0.25) is 4.79 Å². The van der Waals surface area contributed by atoms with Crippen LogP contribution in [-0.4, -0.2) is 32.2 Å². The molecule has 3 rings (SSSR count). The van der Waals surface area contributed by atoms with Gasteiger partial charge in [-0.15, -0.1) is 0 Å². The summed E-state index contributed by atoms with van der Waals surface area (Å²) in [5.41, 5.74) is 6.63. The van der Waals surface area contributed by atoms with Crippen molar-refractivity contribution in [2.75, 3.05) is 31.2 Å². The van der Waals surface area contributed by atoms with Gasteiger partial charge < -0.3 is 19.8 Å². The third-order valence-corrected chi connectivity index (χ3v) is 3.12.